The zero-order valence-electron chi connectivity index (χ0n) is 10.9. The van der Waals surface area contributed by atoms with Crippen LogP contribution < -0.4 is 10.1 Å². The third-order valence-electron chi connectivity index (χ3n) is 3.19. The number of amides is 1. The van der Waals surface area contributed by atoms with Crippen LogP contribution in [0.2, 0.25) is 0 Å². The Morgan fingerprint density at radius 2 is 2.42 bits per heavy atom. The number of halogens is 1. The van der Waals surface area contributed by atoms with Crippen molar-refractivity contribution in [2.24, 2.45) is 0 Å². The van der Waals surface area contributed by atoms with E-state index in [1.54, 1.807) is 25.3 Å². The van der Waals surface area contributed by atoms with Gasteiger partial charge in [0.25, 0.3) is 5.91 Å². The van der Waals surface area contributed by atoms with Crippen molar-refractivity contribution >= 4 is 21.8 Å². The number of hydrogen-bond donors (Lipinski definition) is 1. The lowest BCUT2D eigenvalue weighted by Crippen LogP contribution is -2.27. The van der Waals surface area contributed by atoms with Gasteiger partial charge in [0.2, 0.25) is 0 Å². The maximum Gasteiger partial charge on any atom is 0.251 e. The molecule has 19 heavy (non-hydrogen) atoms. The van der Waals surface area contributed by atoms with E-state index in [9.17, 15) is 4.79 Å². The average molecular weight is 328 g/mol. The molecule has 1 heterocycles. The van der Waals surface area contributed by atoms with E-state index in [2.05, 4.69) is 21.2 Å². The third-order valence-corrected chi connectivity index (χ3v) is 3.81. The van der Waals surface area contributed by atoms with Gasteiger partial charge in [-0.3, -0.25) is 4.79 Å². The fourth-order valence-electron chi connectivity index (χ4n) is 2.13. The molecule has 1 fully saturated rings. The smallest absolute Gasteiger partial charge is 0.251 e. The Morgan fingerprint density at radius 1 is 1.58 bits per heavy atom. The first-order chi connectivity index (χ1) is 9.20. The molecule has 0 radical (unpaired) electrons. The molecule has 0 bridgehead atoms. The summed E-state index contributed by atoms with van der Waals surface area (Å²) < 4.78 is 11.4. The quantitative estimate of drug-likeness (QED) is 0.904. The first-order valence-corrected chi connectivity index (χ1v) is 7.23. The monoisotopic (exact) mass is 327 g/mol. The normalized spacial score (nSPS) is 18.3. The van der Waals surface area contributed by atoms with Crippen LogP contribution in [0, 0.1) is 0 Å². The maximum atomic E-state index is 12.0. The standard InChI is InChI=1S/C14H18BrNO3/c1-18-13-5-4-10(9-12(13)15)14(17)16-7-6-11-3-2-8-19-11/h4-5,9,11H,2-3,6-8H2,1H3,(H,16,17). The van der Waals surface area contributed by atoms with E-state index in [4.69, 9.17) is 9.47 Å². The number of hydrogen-bond acceptors (Lipinski definition) is 3. The van der Waals surface area contributed by atoms with Gasteiger partial charge in [-0.1, -0.05) is 0 Å². The van der Waals surface area contributed by atoms with Crippen molar-refractivity contribution in [2.75, 3.05) is 20.3 Å². The molecule has 5 heteroatoms. The summed E-state index contributed by atoms with van der Waals surface area (Å²) >= 11 is 3.37. The first-order valence-electron chi connectivity index (χ1n) is 6.44. The molecule has 4 nitrogen and oxygen atoms in total. The van der Waals surface area contributed by atoms with E-state index in [0.29, 0.717) is 18.2 Å². The molecule has 0 aliphatic carbocycles. The Morgan fingerprint density at radius 3 is 3.05 bits per heavy atom. The highest BCUT2D eigenvalue weighted by Crippen LogP contribution is 2.25. The van der Waals surface area contributed by atoms with Crippen molar-refractivity contribution in [2.45, 2.75) is 25.4 Å². The molecule has 2 rings (SSSR count). The second-order valence-corrected chi connectivity index (χ2v) is 5.38. The van der Waals surface area contributed by atoms with Crippen molar-refractivity contribution in [3.05, 3.63) is 28.2 Å². The molecule has 1 N–H and O–H groups in total. The summed E-state index contributed by atoms with van der Waals surface area (Å²) in [6, 6.07) is 5.30. The molecule has 1 atom stereocenters. The summed E-state index contributed by atoms with van der Waals surface area (Å²) in [6.07, 6.45) is 3.42. The van der Waals surface area contributed by atoms with Crippen molar-refractivity contribution in [1.29, 1.82) is 0 Å². The molecular weight excluding hydrogens is 310 g/mol. The summed E-state index contributed by atoms with van der Waals surface area (Å²) in [6.45, 7) is 1.50. The highest BCUT2D eigenvalue weighted by Gasteiger charge is 2.15. The number of methoxy groups -OCH3 is 1. The molecule has 104 valence electrons. The second-order valence-electron chi connectivity index (χ2n) is 4.53. The van der Waals surface area contributed by atoms with Crippen LogP contribution in [0.1, 0.15) is 29.6 Å². The molecule has 1 unspecified atom stereocenters. The van der Waals surface area contributed by atoms with Gasteiger partial charge in [0.05, 0.1) is 17.7 Å². The highest BCUT2D eigenvalue weighted by atomic mass is 79.9. The predicted molar refractivity (Wildman–Crippen MR) is 76.6 cm³/mol. The fraction of sp³-hybridized carbons (Fsp3) is 0.500. The number of carbonyl (C=O) groups excluding carboxylic acids is 1. The Kier molecular flexibility index (Phi) is 5.22. The van der Waals surface area contributed by atoms with Crippen molar-refractivity contribution in [1.82, 2.24) is 5.32 Å². The Bertz CT molecular complexity index is 444. The number of benzene rings is 1. The van der Waals surface area contributed by atoms with Gasteiger partial charge in [0.15, 0.2) is 0 Å². The van der Waals surface area contributed by atoms with Gasteiger partial charge in [-0.2, -0.15) is 0 Å². The number of nitrogens with one attached hydrogen (secondary N) is 1. The minimum Gasteiger partial charge on any atom is -0.496 e. The zero-order chi connectivity index (χ0) is 13.7. The lowest BCUT2D eigenvalue weighted by molar-refractivity contribution is 0.0907. The SMILES string of the molecule is COc1ccc(C(=O)NCCC2CCCO2)cc1Br. The van der Waals surface area contributed by atoms with Crippen molar-refractivity contribution in [3.8, 4) is 5.75 Å². The van der Waals surface area contributed by atoms with Gasteiger partial charge in [0, 0.05) is 18.7 Å². The second kappa shape index (κ2) is 6.91. The van der Waals surface area contributed by atoms with Crippen LogP contribution in [0.3, 0.4) is 0 Å². The molecule has 1 aliphatic heterocycles. The van der Waals surface area contributed by atoms with E-state index in [-0.39, 0.29) is 5.91 Å². The summed E-state index contributed by atoms with van der Waals surface area (Å²) in [5.41, 5.74) is 0.625. The van der Waals surface area contributed by atoms with Crippen LogP contribution in [0.4, 0.5) is 0 Å². The summed E-state index contributed by atoms with van der Waals surface area (Å²) in [7, 11) is 1.60. The van der Waals surface area contributed by atoms with Crippen LogP contribution in [-0.2, 0) is 4.74 Å². The van der Waals surface area contributed by atoms with Gasteiger partial charge in [0.1, 0.15) is 5.75 Å². The number of ether oxygens (including phenoxy) is 2. The van der Waals surface area contributed by atoms with E-state index in [1.807, 2.05) is 0 Å². The van der Waals surface area contributed by atoms with Crippen LogP contribution in [0.5, 0.6) is 5.75 Å². The van der Waals surface area contributed by atoms with Gasteiger partial charge in [-0.15, -0.1) is 0 Å². The minimum absolute atomic E-state index is 0.0682. The largest absolute Gasteiger partial charge is 0.496 e. The van der Waals surface area contributed by atoms with Crippen LogP contribution in [0.15, 0.2) is 22.7 Å². The van der Waals surface area contributed by atoms with E-state index in [0.717, 1.165) is 36.1 Å². The molecule has 1 aromatic carbocycles. The number of carbonyl (C=O) groups is 1. The first kappa shape index (κ1) is 14.3. The number of rotatable bonds is 5. The Balaban J connectivity index is 1.83. The topological polar surface area (TPSA) is 47.6 Å². The van der Waals surface area contributed by atoms with Crippen LogP contribution >= 0.6 is 15.9 Å². The van der Waals surface area contributed by atoms with Crippen LogP contribution in [0.25, 0.3) is 0 Å². The Labute approximate surface area is 121 Å². The fourth-order valence-corrected chi connectivity index (χ4v) is 2.67. The van der Waals surface area contributed by atoms with Gasteiger partial charge >= 0.3 is 0 Å². The molecule has 1 saturated heterocycles. The van der Waals surface area contributed by atoms with E-state index in [1.165, 1.54) is 0 Å². The molecule has 0 spiro atoms. The van der Waals surface area contributed by atoms with Crippen LogP contribution in [-0.4, -0.2) is 32.3 Å². The van der Waals surface area contributed by atoms with Crippen molar-refractivity contribution < 1.29 is 14.3 Å². The third kappa shape index (κ3) is 3.94. The summed E-state index contributed by atoms with van der Waals surface area (Å²) in [5.74, 6) is 0.650. The molecule has 0 aromatic heterocycles. The molecular formula is C14H18BrNO3. The van der Waals surface area contributed by atoms with E-state index >= 15 is 0 Å². The maximum absolute atomic E-state index is 12.0. The van der Waals surface area contributed by atoms with Gasteiger partial charge in [-0.25, -0.2) is 0 Å². The Hall–Kier alpha value is -1.07. The predicted octanol–water partition coefficient (Wildman–Crippen LogP) is 2.76. The average Bonchev–Trinajstić information content (AvgIpc) is 2.91. The van der Waals surface area contributed by atoms with Crippen molar-refractivity contribution in [3.63, 3.8) is 0 Å². The lowest BCUT2D eigenvalue weighted by Gasteiger charge is -2.10. The minimum atomic E-state index is -0.0682. The molecule has 1 aromatic rings. The summed E-state index contributed by atoms with van der Waals surface area (Å²) in [4.78, 5) is 12.0. The van der Waals surface area contributed by atoms with E-state index < -0.39 is 0 Å². The van der Waals surface area contributed by atoms with Gasteiger partial charge in [-0.05, 0) is 53.4 Å². The molecule has 1 amide bonds. The summed E-state index contributed by atoms with van der Waals surface area (Å²) in [5, 5.41) is 2.91. The zero-order valence-corrected chi connectivity index (χ0v) is 12.5. The van der Waals surface area contributed by atoms with Gasteiger partial charge < -0.3 is 14.8 Å². The molecule has 1 aliphatic rings. The highest BCUT2D eigenvalue weighted by molar-refractivity contribution is 9.10. The molecule has 0 saturated carbocycles. The lowest BCUT2D eigenvalue weighted by atomic mass is 10.1.